The van der Waals surface area contributed by atoms with Gasteiger partial charge < -0.3 is 14.6 Å². The van der Waals surface area contributed by atoms with Gasteiger partial charge in [-0.25, -0.2) is 4.98 Å². The summed E-state index contributed by atoms with van der Waals surface area (Å²) < 4.78 is 7.78. The minimum Gasteiger partial charge on any atom is -0.465 e. The maximum Gasteiger partial charge on any atom is 0.272 e. The van der Waals surface area contributed by atoms with Crippen LogP contribution in [0.25, 0.3) is 10.2 Å². The number of hydrogen-bond donors (Lipinski definition) is 1. The van der Waals surface area contributed by atoms with E-state index in [0.29, 0.717) is 23.7 Å². The summed E-state index contributed by atoms with van der Waals surface area (Å²) in [6, 6.07) is 5.61. The van der Waals surface area contributed by atoms with E-state index in [1.165, 1.54) is 17.8 Å². The monoisotopic (exact) mass is 400 g/mol. The molecule has 0 aromatic carbocycles. The van der Waals surface area contributed by atoms with Crippen LogP contribution in [-0.2, 0) is 17.9 Å². The molecule has 4 heterocycles. The zero-order chi connectivity index (χ0) is 19.5. The van der Waals surface area contributed by atoms with Gasteiger partial charge in [0.2, 0.25) is 11.9 Å². The van der Waals surface area contributed by atoms with Crippen LogP contribution < -0.4 is 15.8 Å². The van der Waals surface area contributed by atoms with Gasteiger partial charge >= 0.3 is 0 Å². The molecule has 4 rings (SSSR count). The van der Waals surface area contributed by atoms with E-state index in [1.807, 2.05) is 30.5 Å². The fourth-order valence-electron chi connectivity index (χ4n) is 3.54. The molecule has 0 spiro atoms. The average molecular weight is 401 g/mol. The van der Waals surface area contributed by atoms with Gasteiger partial charge in [0.05, 0.1) is 12.1 Å². The number of rotatable bonds is 6. The molecule has 8 heteroatoms. The quantitative estimate of drug-likeness (QED) is 0.688. The topological polar surface area (TPSA) is 80.4 Å². The molecule has 0 radical (unpaired) electrons. The molecule has 1 N–H and O–H groups in total. The predicted octanol–water partition coefficient (Wildman–Crippen LogP) is 3.06. The van der Waals surface area contributed by atoms with E-state index < -0.39 is 0 Å². The van der Waals surface area contributed by atoms with Gasteiger partial charge in [-0.3, -0.25) is 14.2 Å². The van der Waals surface area contributed by atoms with E-state index in [9.17, 15) is 9.59 Å². The first kappa shape index (κ1) is 18.7. The lowest BCUT2D eigenvalue weighted by atomic mass is 10.1. The van der Waals surface area contributed by atoms with Crippen LogP contribution in [0.2, 0.25) is 0 Å². The highest BCUT2D eigenvalue weighted by molar-refractivity contribution is 7.17. The number of piperidine rings is 1. The van der Waals surface area contributed by atoms with Crippen LogP contribution >= 0.6 is 11.3 Å². The first-order valence-corrected chi connectivity index (χ1v) is 10.5. The first-order valence-electron chi connectivity index (χ1n) is 9.67. The highest BCUT2D eigenvalue weighted by atomic mass is 32.1. The van der Waals surface area contributed by atoms with Crippen molar-refractivity contribution in [2.75, 3.05) is 18.0 Å². The SMILES string of the molecule is Cc1ccc(CNC(=O)CCn2c(N3CCCCC3)nc3ccsc3c2=O)o1. The van der Waals surface area contributed by atoms with E-state index in [0.717, 1.165) is 43.0 Å². The third kappa shape index (κ3) is 3.96. The Balaban J connectivity index is 1.50. The average Bonchev–Trinajstić information content (AvgIpc) is 3.35. The highest BCUT2D eigenvalue weighted by Crippen LogP contribution is 2.22. The first-order chi connectivity index (χ1) is 13.6. The standard InChI is InChI=1S/C20H24N4O3S/c1-14-5-6-15(27-14)13-21-17(25)7-11-24-19(26)18-16(8-12-28-18)22-20(24)23-9-3-2-4-10-23/h5-6,8,12H,2-4,7,9-11,13H2,1H3,(H,21,25). The molecule has 0 bridgehead atoms. The second-order valence-corrected chi connectivity index (χ2v) is 8.01. The summed E-state index contributed by atoms with van der Waals surface area (Å²) in [4.78, 5) is 32.2. The molecule has 1 fully saturated rings. The van der Waals surface area contributed by atoms with E-state index in [1.54, 1.807) is 4.57 Å². The Bertz CT molecular complexity index is 1030. The molecule has 1 aliphatic rings. The number of anilines is 1. The third-order valence-corrected chi connectivity index (χ3v) is 5.89. The Kier molecular flexibility index (Phi) is 5.47. The molecule has 1 aliphatic heterocycles. The molecule has 3 aromatic rings. The zero-order valence-electron chi connectivity index (χ0n) is 15.9. The van der Waals surface area contributed by atoms with Crippen LogP contribution in [0.3, 0.4) is 0 Å². The van der Waals surface area contributed by atoms with Crippen molar-refractivity contribution >= 4 is 33.4 Å². The van der Waals surface area contributed by atoms with Crippen molar-refractivity contribution < 1.29 is 9.21 Å². The van der Waals surface area contributed by atoms with E-state index in [4.69, 9.17) is 9.40 Å². The van der Waals surface area contributed by atoms with Gasteiger partial charge in [0.25, 0.3) is 5.56 Å². The minimum atomic E-state index is -0.114. The van der Waals surface area contributed by atoms with Gasteiger partial charge in [0, 0.05) is 26.1 Å². The van der Waals surface area contributed by atoms with Crippen molar-refractivity contribution in [2.45, 2.75) is 45.7 Å². The van der Waals surface area contributed by atoms with Crippen molar-refractivity contribution in [1.82, 2.24) is 14.9 Å². The molecule has 3 aromatic heterocycles. The van der Waals surface area contributed by atoms with Crippen LogP contribution in [0.15, 0.2) is 32.8 Å². The van der Waals surface area contributed by atoms with Crippen molar-refractivity contribution in [1.29, 1.82) is 0 Å². The summed E-state index contributed by atoms with van der Waals surface area (Å²) in [7, 11) is 0. The van der Waals surface area contributed by atoms with Crippen LogP contribution in [0, 0.1) is 6.92 Å². The Morgan fingerprint density at radius 3 is 2.82 bits per heavy atom. The maximum atomic E-state index is 13.0. The number of carbonyl (C=O) groups excluding carboxylic acids is 1. The van der Waals surface area contributed by atoms with Gasteiger partial charge in [0.1, 0.15) is 16.2 Å². The molecule has 0 saturated carbocycles. The fourth-order valence-corrected chi connectivity index (χ4v) is 4.31. The largest absolute Gasteiger partial charge is 0.465 e. The Hall–Kier alpha value is -2.61. The summed E-state index contributed by atoms with van der Waals surface area (Å²) >= 11 is 1.40. The lowest BCUT2D eigenvalue weighted by molar-refractivity contribution is -0.121. The lowest BCUT2D eigenvalue weighted by Crippen LogP contribution is -2.37. The van der Waals surface area contributed by atoms with E-state index >= 15 is 0 Å². The van der Waals surface area contributed by atoms with Gasteiger partial charge in [-0.1, -0.05) is 0 Å². The lowest BCUT2D eigenvalue weighted by Gasteiger charge is -2.29. The van der Waals surface area contributed by atoms with E-state index in [2.05, 4.69) is 10.2 Å². The van der Waals surface area contributed by atoms with Crippen LogP contribution in [0.4, 0.5) is 5.95 Å². The summed E-state index contributed by atoms with van der Waals surface area (Å²) in [5.74, 6) is 2.11. The van der Waals surface area contributed by atoms with Crippen molar-refractivity contribution in [3.63, 3.8) is 0 Å². The molecule has 0 aliphatic carbocycles. The van der Waals surface area contributed by atoms with Crippen molar-refractivity contribution in [3.8, 4) is 0 Å². The Morgan fingerprint density at radius 1 is 1.25 bits per heavy atom. The molecule has 1 amide bonds. The highest BCUT2D eigenvalue weighted by Gasteiger charge is 2.20. The predicted molar refractivity (Wildman–Crippen MR) is 110 cm³/mol. The Labute approximate surface area is 167 Å². The number of nitrogens with one attached hydrogen (secondary N) is 1. The number of aromatic nitrogens is 2. The summed E-state index contributed by atoms with van der Waals surface area (Å²) in [6.07, 6.45) is 3.62. The number of aryl methyl sites for hydroxylation is 1. The van der Waals surface area contributed by atoms with Crippen LogP contribution in [0.5, 0.6) is 0 Å². The van der Waals surface area contributed by atoms with Gasteiger partial charge in [0.15, 0.2) is 0 Å². The second-order valence-electron chi connectivity index (χ2n) is 7.09. The Morgan fingerprint density at radius 2 is 2.07 bits per heavy atom. The second kappa shape index (κ2) is 8.18. The zero-order valence-corrected chi connectivity index (χ0v) is 16.8. The van der Waals surface area contributed by atoms with Gasteiger partial charge in [-0.15, -0.1) is 11.3 Å². The number of nitrogens with zero attached hydrogens (tertiary/aromatic N) is 3. The summed E-state index contributed by atoms with van der Waals surface area (Å²) in [5, 5.41) is 4.74. The minimum absolute atomic E-state index is 0.0602. The van der Waals surface area contributed by atoms with Crippen LogP contribution in [-0.4, -0.2) is 28.5 Å². The number of carbonyl (C=O) groups is 1. The molecular formula is C20H24N4O3S. The van der Waals surface area contributed by atoms with Crippen molar-refractivity contribution in [3.05, 3.63) is 45.5 Å². The smallest absolute Gasteiger partial charge is 0.272 e. The molecule has 148 valence electrons. The number of hydrogen-bond acceptors (Lipinski definition) is 6. The van der Waals surface area contributed by atoms with E-state index in [-0.39, 0.29) is 17.9 Å². The van der Waals surface area contributed by atoms with Crippen LogP contribution in [0.1, 0.15) is 37.2 Å². The number of thiophene rings is 1. The number of fused-ring (bicyclic) bond motifs is 1. The third-order valence-electron chi connectivity index (χ3n) is 5.00. The molecule has 0 unspecified atom stereocenters. The fraction of sp³-hybridized carbons (Fsp3) is 0.450. The molecule has 1 saturated heterocycles. The number of amides is 1. The molecule has 0 atom stereocenters. The normalized spacial score (nSPS) is 14.5. The molecular weight excluding hydrogens is 376 g/mol. The maximum absolute atomic E-state index is 13.0. The summed E-state index contributed by atoms with van der Waals surface area (Å²) in [6.45, 7) is 4.32. The van der Waals surface area contributed by atoms with Crippen molar-refractivity contribution in [2.24, 2.45) is 0 Å². The molecule has 7 nitrogen and oxygen atoms in total. The van der Waals surface area contributed by atoms with Gasteiger partial charge in [-0.05, 0) is 49.8 Å². The van der Waals surface area contributed by atoms with Gasteiger partial charge in [-0.2, -0.15) is 0 Å². The number of furan rings is 1. The summed E-state index contributed by atoms with van der Waals surface area (Å²) in [5.41, 5.74) is 0.680. The molecule has 28 heavy (non-hydrogen) atoms.